The fourth-order valence-corrected chi connectivity index (χ4v) is 5.15. The van der Waals surface area contributed by atoms with Gasteiger partial charge in [0.25, 0.3) is 0 Å². The molecule has 193 valence electrons. The molecule has 0 fully saturated rings. The lowest BCUT2D eigenvalue weighted by Gasteiger charge is -2.35. The zero-order valence-corrected chi connectivity index (χ0v) is 22.5. The van der Waals surface area contributed by atoms with E-state index in [0.717, 1.165) is 23.1 Å². The van der Waals surface area contributed by atoms with Crippen molar-refractivity contribution in [2.24, 2.45) is 0 Å². The molecule has 0 aromatic heterocycles. The molecule has 0 N–H and O–H groups in total. The number of hydrogen-bond donors (Lipinski definition) is 0. The van der Waals surface area contributed by atoms with Crippen molar-refractivity contribution < 1.29 is 4.74 Å². The van der Waals surface area contributed by atoms with E-state index in [-0.39, 0.29) is 0 Å². The lowest BCUT2D eigenvalue weighted by molar-refractivity contribution is 0.0563. The van der Waals surface area contributed by atoms with Crippen LogP contribution in [0.1, 0.15) is 114 Å². The van der Waals surface area contributed by atoms with Gasteiger partial charge in [-0.05, 0) is 23.1 Å². The highest BCUT2D eigenvalue weighted by atomic mass is 16.5. The summed E-state index contributed by atoms with van der Waals surface area (Å²) >= 11 is 0. The predicted octanol–water partition coefficient (Wildman–Crippen LogP) is 10.6. The van der Waals surface area contributed by atoms with Gasteiger partial charge in [-0.15, -0.1) is 0 Å². The van der Waals surface area contributed by atoms with Crippen molar-refractivity contribution in [3.63, 3.8) is 0 Å². The molecule has 0 atom stereocenters. The number of rotatable bonds is 19. The van der Waals surface area contributed by atoms with Crippen molar-refractivity contribution >= 4 is 0 Å². The molecule has 0 bridgehead atoms. The molecular weight excluding hydrogens is 436 g/mol. The quantitative estimate of drug-likeness (QED) is 0.122. The summed E-state index contributed by atoms with van der Waals surface area (Å²) in [5.41, 5.74) is 2.83. The van der Waals surface area contributed by atoms with E-state index in [9.17, 15) is 0 Å². The Balaban J connectivity index is 1.45. The minimum Gasteiger partial charge on any atom is -0.355 e. The first-order chi connectivity index (χ1) is 17.9. The zero-order chi connectivity index (χ0) is 25.2. The van der Waals surface area contributed by atoms with Crippen LogP contribution >= 0.6 is 0 Å². The van der Waals surface area contributed by atoms with Crippen LogP contribution in [0.5, 0.6) is 0 Å². The summed E-state index contributed by atoms with van der Waals surface area (Å²) in [7, 11) is 0. The molecule has 0 aliphatic carbocycles. The first kappa shape index (κ1) is 28.2. The molecule has 0 spiro atoms. The molecule has 0 saturated carbocycles. The second kappa shape index (κ2) is 17.1. The van der Waals surface area contributed by atoms with Crippen LogP contribution in [0.4, 0.5) is 0 Å². The Kier molecular flexibility index (Phi) is 13.4. The Morgan fingerprint density at radius 2 is 0.806 bits per heavy atom. The van der Waals surface area contributed by atoms with E-state index >= 15 is 0 Å². The van der Waals surface area contributed by atoms with Crippen molar-refractivity contribution in [2.75, 3.05) is 0 Å². The molecular formula is C35H47O. The SMILES string of the molecule is CCCCCCCCCCCCCCC[CH]OC(c1ccccc1)(c1ccccc1)c1ccccc1. The molecule has 0 aliphatic heterocycles. The predicted molar refractivity (Wildman–Crippen MR) is 155 cm³/mol. The molecule has 0 heterocycles. The normalized spacial score (nSPS) is 11.6. The summed E-state index contributed by atoms with van der Waals surface area (Å²) in [6, 6.07) is 31.9. The van der Waals surface area contributed by atoms with Crippen molar-refractivity contribution in [1.29, 1.82) is 0 Å². The van der Waals surface area contributed by atoms with E-state index in [0.29, 0.717) is 0 Å². The molecule has 1 nitrogen and oxygen atoms in total. The second-order valence-corrected chi connectivity index (χ2v) is 10.1. The van der Waals surface area contributed by atoms with Gasteiger partial charge in [-0.25, -0.2) is 0 Å². The average molecular weight is 484 g/mol. The largest absolute Gasteiger partial charge is 0.355 e. The third kappa shape index (κ3) is 8.93. The van der Waals surface area contributed by atoms with Gasteiger partial charge in [0.2, 0.25) is 0 Å². The van der Waals surface area contributed by atoms with Crippen molar-refractivity contribution in [2.45, 2.75) is 102 Å². The van der Waals surface area contributed by atoms with Crippen LogP contribution in [0.3, 0.4) is 0 Å². The van der Waals surface area contributed by atoms with E-state index in [2.05, 4.69) is 105 Å². The number of hydrogen-bond acceptors (Lipinski definition) is 1. The van der Waals surface area contributed by atoms with Crippen molar-refractivity contribution in [3.05, 3.63) is 114 Å². The maximum atomic E-state index is 6.77. The molecule has 1 radical (unpaired) electrons. The summed E-state index contributed by atoms with van der Waals surface area (Å²) in [5, 5.41) is 0. The van der Waals surface area contributed by atoms with Gasteiger partial charge in [-0.2, -0.15) is 0 Å². The lowest BCUT2D eigenvalue weighted by Crippen LogP contribution is -2.32. The Morgan fingerprint density at radius 3 is 1.17 bits per heavy atom. The van der Waals surface area contributed by atoms with Gasteiger partial charge >= 0.3 is 0 Å². The molecule has 3 aromatic carbocycles. The highest BCUT2D eigenvalue weighted by Crippen LogP contribution is 2.41. The third-order valence-electron chi connectivity index (χ3n) is 7.23. The Hall–Kier alpha value is -2.38. The van der Waals surface area contributed by atoms with E-state index in [1.54, 1.807) is 0 Å². The minimum absolute atomic E-state index is 0.639. The first-order valence-electron chi connectivity index (χ1n) is 14.5. The molecule has 0 aliphatic rings. The monoisotopic (exact) mass is 483 g/mol. The van der Waals surface area contributed by atoms with E-state index in [1.807, 2.05) is 0 Å². The van der Waals surface area contributed by atoms with Gasteiger partial charge in [-0.3, -0.25) is 0 Å². The van der Waals surface area contributed by atoms with Crippen LogP contribution in [0, 0.1) is 6.61 Å². The zero-order valence-electron chi connectivity index (χ0n) is 22.5. The van der Waals surface area contributed by atoms with Gasteiger partial charge in [0.05, 0.1) is 6.61 Å². The Bertz CT molecular complexity index is 806. The maximum absolute atomic E-state index is 6.77. The van der Waals surface area contributed by atoms with Gasteiger partial charge in [-0.1, -0.05) is 181 Å². The van der Waals surface area contributed by atoms with Gasteiger partial charge in [0.1, 0.15) is 5.60 Å². The summed E-state index contributed by atoms with van der Waals surface area (Å²) in [6.45, 7) is 4.35. The molecule has 3 rings (SSSR count). The summed E-state index contributed by atoms with van der Waals surface area (Å²) in [6.07, 6.45) is 18.9. The minimum atomic E-state index is -0.639. The number of unbranched alkanes of at least 4 members (excludes halogenated alkanes) is 13. The molecule has 3 aromatic rings. The number of benzene rings is 3. The molecule has 0 saturated heterocycles. The van der Waals surface area contributed by atoms with Crippen LogP contribution in [0.15, 0.2) is 91.0 Å². The second-order valence-electron chi connectivity index (χ2n) is 10.1. The maximum Gasteiger partial charge on any atom is 0.144 e. The van der Waals surface area contributed by atoms with E-state index < -0.39 is 5.60 Å². The van der Waals surface area contributed by atoms with Crippen LogP contribution in [-0.2, 0) is 10.3 Å². The fourth-order valence-electron chi connectivity index (χ4n) is 5.15. The van der Waals surface area contributed by atoms with Gasteiger partial charge < -0.3 is 4.74 Å². The Morgan fingerprint density at radius 1 is 0.472 bits per heavy atom. The number of ether oxygens (including phenoxy) is 1. The summed E-state index contributed by atoms with van der Waals surface area (Å²) in [4.78, 5) is 0. The first-order valence-corrected chi connectivity index (χ1v) is 14.5. The third-order valence-corrected chi connectivity index (χ3v) is 7.23. The van der Waals surface area contributed by atoms with Crippen molar-refractivity contribution in [1.82, 2.24) is 0 Å². The van der Waals surface area contributed by atoms with Gasteiger partial charge in [0.15, 0.2) is 0 Å². The van der Waals surface area contributed by atoms with E-state index in [1.165, 1.54) is 83.5 Å². The standard InChI is InChI=1S/C35H47O/c1-2-3-4-5-6-7-8-9-10-11-12-13-14-24-31-36-35(32-25-18-15-19-26-32,33-27-20-16-21-28-33)34-29-22-17-23-30-34/h15-23,25-31H,2-14,24H2,1H3. The molecule has 1 heteroatoms. The van der Waals surface area contributed by atoms with Crippen molar-refractivity contribution in [3.8, 4) is 0 Å². The fraction of sp³-hybridized carbons (Fsp3) is 0.457. The molecule has 0 unspecified atom stereocenters. The Labute approximate surface area is 221 Å². The van der Waals surface area contributed by atoms with Gasteiger partial charge in [0, 0.05) is 0 Å². The van der Waals surface area contributed by atoms with Crippen LogP contribution in [-0.4, -0.2) is 0 Å². The van der Waals surface area contributed by atoms with E-state index in [4.69, 9.17) is 4.74 Å². The molecule has 36 heavy (non-hydrogen) atoms. The summed E-state index contributed by atoms with van der Waals surface area (Å²) < 4.78 is 6.77. The van der Waals surface area contributed by atoms with Crippen LogP contribution in [0.25, 0.3) is 0 Å². The smallest absolute Gasteiger partial charge is 0.144 e. The average Bonchev–Trinajstić information content (AvgIpc) is 2.94. The van der Waals surface area contributed by atoms with Crippen LogP contribution in [0.2, 0.25) is 0 Å². The lowest BCUT2D eigenvalue weighted by atomic mass is 9.80. The topological polar surface area (TPSA) is 9.23 Å². The van der Waals surface area contributed by atoms with Crippen LogP contribution < -0.4 is 0 Å². The highest BCUT2D eigenvalue weighted by molar-refractivity contribution is 5.47. The summed E-state index contributed by atoms with van der Waals surface area (Å²) in [5.74, 6) is 0. The molecule has 0 amide bonds. The highest BCUT2D eigenvalue weighted by Gasteiger charge is 2.37.